The van der Waals surface area contributed by atoms with Crippen molar-refractivity contribution in [2.45, 2.75) is 13.3 Å². The highest BCUT2D eigenvalue weighted by Gasteiger charge is 2.16. The van der Waals surface area contributed by atoms with Crippen LogP contribution < -0.4 is 5.32 Å². The molecule has 0 spiro atoms. The summed E-state index contributed by atoms with van der Waals surface area (Å²) in [5, 5.41) is 8.09. The average Bonchev–Trinajstić information content (AvgIpc) is 2.96. The standard InChI is InChI=1S/C19H16Cl2FN3O/c1-12-16(11-24-25(12)18-5-3-2-4-17(18)22)19(26)23-7-6-13-8-14(20)10-15(21)9-13/h2-5,8-11H,6-7H2,1H3,(H,23,26). The average molecular weight is 392 g/mol. The molecule has 1 N–H and O–H groups in total. The zero-order chi connectivity index (χ0) is 18.7. The molecule has 3 aromatic rings. The van der Waals surface area contributed by atoms with Crippen LogP contribution in [-0.2, 0) is 6.42 Å². The number of carbonyl (C=O) groups excluding carboxylic acids is 1. The van der Waals surface area contributed by atoms with E-state index in [9.17, 15) is 9.18 Å². The number of carbonyl (C=O) groups is 1. The molecule has 0 atom stereocenters. The van der Waals surface area contributed by atoms with Gasteiger partial charge in [-0.3, -0.25) is 4.79 Å². The molecule has 3 rings (SSSR count). The second-order valence-corrected chi connectivity index (χ2v) is 6.66. The Morgan fingerprint density at radius 2 is 1.88 bits per heavy atom. The molecule has 1 aromatic heterocycles. The predicted molar refractivity (Wildman–Crippen MR) is 101 cm³/mol. The summed E-state index contributed by atoms with van der Waals surface area (Å²) in [5.41, 5.74) is 2.20. The lowest BCUT2D eigenvalue weighted by molar-refractivity contribution is 0.0953. The molecule has 1 heterocycles. The first-order chi connectivity index (χ1) is 12.5. The number of rotatable bonds is 5. The monoisotopic (exact) mass is 391 g/mol. The van der Waals surface area contributed by atoms with Crippen molar-refractivity contribution in [3.63, 3.8) is 0 Å². The van der Waals surface area contributed by atoms with Gasteiger partial charge < -0.3 is 5.32 Å². The van der Waals surface area contributed by atoms with Crippen LogP contribution in [-0.4, -0.2) is 22.2 Å². The Balaban J connectivity index is 1.68. The highest BCUT2D eigenvalue weighted by atomic mass is 35.5. The molecular formula is C19H16Cl2FN3O. The van der Waals surface area contributed by atoms with Gasteiger partial charge in [0.1, 0.15) is 11.5 Å². The van der Waals surface area contributed by atoms with E-state index in [-0.39, 0.29) is 5.91 Å². The predicted octanol–water partition coefficient (Wildman–Crippen LogP) is 4.60. The Morgan fingerprint density at radius 3 is 2.58 bits per heavy atom. The SMILES string of the molecule is Cc1c(C(=O)NCCc2cc(Cl)cc(Cl)c2)cnn1-c1ccccc1F. The molecule has 0 aliphatic heterocycles. The van der Waals surface area contributed by atoms with Crippen LogP contribution in [0.3, 0.4) is 0 Å². The Hall–Kier alpha value is -2.37. The topological polar surface area (TPSA) is 46.9 Å². The fraction of sp³-hybridized carbons (Fsp3) is 0.158. The number of amides is 1. The van der Waals surface area contributed by atoms with Crippen molar-refractivity contribution in [2.75, 3.05) is 6.54 Å². The Labute approximate surface area is 160 Å². The number of nitrogens with zero attached hydrogens (tertiary/aromatic N) is 2. The molecule has 0 radical (unpaired) electrons. The molecule has 134 valence electrons. The Morgan fingerprint density at radius 1 is 1.19 bits per heavy atom. The number of benzene rings is 2. The second-order valence-electron chi connectivity index (χ2n) is 5.79. The fourth-order valence-corrected chi connectivity index (χ4v) is 3.24. The van der Waals surface area contributed by atoms with Crippen LogP contribution in [0.5, 0.6) is 0 Å². The summed E-state index contributed by atoms with van der Waals surface area (Å²) in [6.07, 6.45) is 2.03. The van der Waals surface area contributed by atoms with Gasteiger partial charge in [-0.25, -0.2) is 9.07 Å². The van der Waals surface area contributed by atoms with Crippen molar-refractivity contribution in [2.24, 2.45) is 0 Å². The van der Waals surface area contributed by atoms with E-state index in [4.69, 9.17) is 23.2 Å². The van der Waals surface area contributed by atoms with E-state index < -0.39 is 5.82 Å². The minimum absolute atomic E-state index is 0.266. The molecule has 0 fully saturated rings. The minimum atomic E-state index is -0.400. The molecule has 2 aromatic carbocycles. The third kappa shape index (κ3) is 4.06. The minimum Gasteiger partial charge on any atom is -0.352 e. The molecule has 1 amide bonds. The summed E-state index contributed by atoms with van der Waals surface area (Å²) in [6, 6.07) is 11.6. The van der Waals surface area contributed by atoms with Crippen LogP contribution in [0.25, 0.3) is 5.69 Å². The van der Waals surface area contributed by atoms with Crippen molar-refractivity contribution >= 4 is 29.1 Å². The van der Waals surface area contributed by atoms with E-state index in [2.05, 4.69) is 10.4 Å². The van der Waals surface area contributed by atoms with Gasteiger partial charge in [-0.2, -0.15) is 5.10 Å². The lowest BCUT2D eigenvalue weighted by Crippen LogP contribution is -2.26. The van der Waals surface area contributed by atoms with Crippen LogP contribution in [0.1, 0.15) is 21.6 Å². The molecule has 0 saturated carbocycles. The molecule has 0 aliphatic carbocycles. The van der Waals surface area contributed by atoms with Gasteiger partial charge in [-0.05, 0) is 49.2 Å². The molecule has 0 bridgehead atoms. The second kappa shape index (κ2) is 7.89. The van der Waals surface area contributed by atoms with Crippen molar-refractivity contribution in [1.29, 1.82) is 0 Å². The summed E-state index contributed by atoms with van der Waals surface area (Å²) < 4.78 is 15.4. The zero-order valence-electron chi connectivity index (χ0n) is 14.0. The van der Waals surface area contributed by atoms with Crippen LogP contribution in [0.15, 0.2) is 48.7 Å². The normalized spacial score (nSPS) is 10.8. The number of hydrogen-bond donors (Lipinski definition) is 1. The van der Waals surface area contributed by atoms with Crippen molar-refractivity contribution < 1.29 is 9.18 Å². The van der Waals surface area contributed by atoms with E-state index in [0.717, 1.165) is 5.56 Å². The fourth-order valence-electron chi connectivity index (χ4n) is 2.67. The first-order valence-corrected chi connectivity index (χ1v) is 8.74. The van der Waals surface area contributed by atoms with Gasteiger partial charge in [-0.15, -0.1) is 0 Å². The molecule has 0 saturated heterocycles. The summed E-state index contributed by atoms with van der Waals surface area (Å²) in [4.78, 5) is 12.4. The zero-order valence-corrected chi connectivity index (χ0v) is 15.5. The first-order valence-electron chi connectivity index (χ1n) is 7.98. The maximum Gasteiger partial charge on any atom is 0.254 e. The van der Waals surface area contributed by atoms with Crippen molar-refractivity contribution in [3.8, 4) is 5.69 Å². The van der Waals surface area contributed by atoms with Gasteiger partial charge in [0.15, 0.2) is 0 Å². The molecule has 4 nitrogen and oxygen atoms in total. The summed E-state index contributed by atoms with van der Waals surface area (Å²) in [7, 11) is 0. The number of nitrogens with one attached hydrogen (secondary N) is 1. The Bertz CT molecular complexity index is 935. The first kappa shape index (κ1) is 18.4. The third-order valence-corrected chi connectivity index (χ3v) is 4.39. The quantitative estimate of drug-likeness (QED) is 0.690. The lowest BCUT2D eigenvalue weighted by Gasteiger charge is -2.08. The van der Waals surface area contributed by atoms with Gasteiger partial charge >= 0.3 is 0 Å². The van der Waals surface area contributed by atoms with E-state index in [0.29, 0.717) is 40.0 Å². The third-order valence-electron chi connectivity index (χ3n) is 3.96. The molecule has 0 unspecified atom stereocenters. The highest BCUT2D eigenvalue weighted by Crippen LogP contribution is 2.19. The number of hydrogen-bond acceptors (Lipinski definition) is 2. The van der Waals surface area contributed by atoms with E-state index in [1.54, 1.807) is 43.3 Å². The lowest BCUT2D eigenvalue weighted by atomic mass is 10.1. The number of aromatic nitrogens is 2. The van der Waals surface area contributed by atoms with Gasteiger partial charge in [0.2, 0.25) is 0 Å². The van der Waals surface area contributed by atoms with Gasteiger partial charge in [0.05, 0.1) is 17.5 Å². The van der Waals surface area contributed by atoms with Crippen molar-refractivity contribution in [1.82, 2.24) is 15.1 Å². The number of para-hydroxylation sites is 1. The van der Waals surface area contributed by atoms with E-state index in [1.807, 2.05) is 0 Å². The van der Waals surface area contributed by atoms with E-state index >= 15 is 0 Å². The molecule has 26 heavy (non-hydrogen) atoms. The summed E-state index contributed by atoms with van der Waals surface area (Å²) in [5.74, 6) is -0.665. The molecule has 0 aliphatic rings. The van der Waals surface area contributed by atoms with Gasteiger partial charge in [-0.1, -0.05) is 35.3 Å². The molecule has 7 heteroatoms. The maximum absolute atomic E-state index is 13.9. The van der Waals surface area contributed by atoms with Crippen molar-refractivity contribution in [3.05, 3.63) is 81.3 Å². The Kier molecular flexibility index (Phi) is 5.59. The van der Waals surface area contributed by atoms with Crippen LogP contribution in [0, 0.1) is 12.7 Å². The van der Waals surface area contributed by atoms with Crippen LogP contribution >= 0.6 is 23.2 Å². The largest absolute Gasteiger partial charge is 0.352 e. The highest BCUT2D eigenvalue weighted by molar-refractivity contribution is 6.34. The van der Waals surface area contributed by atoms with Gasteiger partial charge in [0, 0.05) is 16.6 Å². The van der Waals surface area contributed by atoms with Gasteiger partial charge in [0.25, 0.3) is 5.91 Å². The number of halogens is 3. The van der Waals surface area contributed by atoms with Crippen LogP contribution in [0.4, 0.5) is 4.39 Å². The summed E-state index contributed by atoms with van der Waals surface area (Å²) >= 11 is 11.9. The maximum atomic E-state index is 13.9. The van der Waals surface area contributed by atoms with E-state index in [1.165, 1.54) is 16.9 Å². The summed E-state index contributed by atoms with van der Waals surface area (Å²) in [6.45, 7) is 2.14. The smallest absolute Gasteiger partial charge is 0.254 e. The molecular weight excluding hydrogens is 376 g/mol. The van der Waals surface area contributed by atoms with Crippen LogP contribution in [0.2, 0.25) is 10.0 Å².